The molecule has 0 amide bonds. The Morgan fingerprint density at radius 1 is 1.30 bits per heavy atom. The number of benzene rings is 1. The molecule has 1 N–H and O–H groups in total. The number of nitrogens with zero attached hydrogens (tertiary/aromatic N) is 3. The number of hydrazone groups is 1. The Hall–Kier alpha value is -2.95. The third-order valence-electron chi connectivity index (χ3n) is 3.43. The van der Waals surface area contributed by atoms with Crippen LogP contribution in [-0.4, -0.2) is 25.0 Å². The topological polar surface area (TPSA) is 57.6 Å². The first kappa shape index (κ1) is 16.4. The Bertz CT molecular complexity index is 693. The number of rotatable bonds is 7. The third-order valence-corrected chi connectivity index (χ3v) is 3.43. The molecule has 0 aliphatic rings. The monoisotopic (exact) mass is 308 g/mol. The molecule has 0 radical (unpaired) electrons. The fraction of sp³-hybridized carbons (Fsp3) is 0.167. The number of aromatic nitrogens is 1. The number of para-hydroxylation sites is 1. The fourth-order valence-corrected chi connectivity index (χ4v) is 2.35. The van der Waals surface area contributed by atoms with Gasteiger partial charge in [-0.1, -0.05) is 24.3 Å². The number of anilines is 1. The van der Waals surface area contributed by atoms with Gasteiger partial charge in [0.25, 0.3) is 0 Å². The Kier molecular flexibility index (Phi) is 5.63. The van der Waals surface area contributed by atoms with E-state index in [1.807, 2.05) is 50.4 Å². The van der Waals surface area contributed by atoms with E-state index in [4.69, 9.17) is 0 Å². The van der Waals surface area contributed by atoms with Gasteiger partial charge in [0, 0.05) is 20.0 Å². The number of hydrogen-bond donors (Lipinski definition) is 1. The molecule has 0 aliphatic heterocycles. The standard InChI is InChI=1S/C18H20N4O/c1-14(11-15-9-10-16(13-23)21-12-15)18(19-2)22(20-3)17-7-5-4-6-8-17/h4-10,12-13,19H,3,11H2,1-2H3/b18-14-. The summed E-state index contributed by atoms with van der Waals surface area (Å²) in [6.45, 7) is 5.70. The van der Waals surface area contributed by atoms with E-state index < -0.39 is 0 Å². The van der Waals surface area contributed by atoms with Crippen LogP contribution in [0.3, 0.4) is 0 Å². The molecule has 0 saturated heterocycles. The SMILES string of the molecule is C=NN(/C(NC)=C(/C)Cc1ccc(C=O)nc1)c1ccccc1. The highest BCUT2D eigenvalue weighted by atomic mass is 16.1. The highest BCUT2D eigenvalue weighted by molar-refractivity contribution is 5.71. The van der Waals surface area contributed by atoms with E-state index in [0.717, 1.165) is 28.9 Å². The lowest BCUT2D eigenvalue weighted by molar-refractivity contribution is 0.111. The zero-order chi connectivity index (χ0) is 16.7. The molecule has 0 saturated carbocycles. The Morgan fingerprint density at radius 2 is 2.04 bits per heavy atom. The van der Waals surface area contributed by atoms with Crippen molar-refractivity contribution in [3.63, 3.8) is 0 Å². The zero-order valence-corrected chi connectivity index (χ0v) is 13.4. The van der Waals surface area contributed by atoms with Gasteiger partial charge in [0.1, 0.15) is 11.5 Å². The summed E-state index contributed by atoms with van der Waals surface area (Å²) in [6, 6.07) is 13.4. The number of carbonyl (C=O) groups excluding carboxylic acids is 1. The van der Waals surface area contributed by atoms with Gasteiger partial charge in [0.05, 0.1) is 5.69 Å². The van der Waals surface area contributed by atoms with Crippen LogP contribution in [0.4, 0.5) is 5.69 Å². The van der Waals surface area contributed by atoms with Crippen LogP contribution in [0.2, 0.25) is 0 Å². The maximum absolute atomic E-state index is 10.7. The maximum Gasteiger partial charge on any atom is 0.168 e. The Morgan fingerprint density at radius 3 is 2.57 bits per heavy atom. The molecule has 5 heteroatoms. The molecule has 0 unspecified atom stereocenters. The lowest BCUT2D eigenvalue weighted by atomic mass is 10.1. The number of carbonyl (C=O) groups is 1. The van der Waals surface area contributed by atoms with Crippen molar-refractivity contribution in [1.29, 1.82) is 0 Å². The van der Waals surface area contributed by atoms with E-state index in [9.17, 15) is 4.79 Å². The summed E-state index contributed by atoms with van der Waals surface area (Å²) in [6.07, 6.45) is 3.15. The molecule has 1 aromatic heterocycles. The summed E-state index contributed by atoms with van der Waals surface area (Å²) in [4.78, 5) is 14.8. The van der Waals surface area contributed by atoms with E-state index in [-0.39, 0.29) is 0 Å². The number of allylic oxidation sites excluding steroid dienone is 1. The van der Waals surface area contributed by atoms with Crippen LogP contribution in [0.25, 0.3) is 0 Å². The molecule has 0 aliphatic carbocycles. The van der Waals surface area contributed by atoms with E-state index in [0.29, 0.717) is 12.1 Å². The summed E-state index contributed by atoms with van der Waals surface area (Å²) in [7, 11) is 1.85. The van der Waals surface area contributed by atoms with Crippen molar-refractivity contribution in [2.75, 3.05) is 12.1 Å². The van der Waals surface area contributed by atoms with Gasteiger partial charge < -0.3 is 5.32 Å². The quantitative estimate of drug-likeness (QED) is 0.485. The summed E-state index contributed by atoms with van der Waals surface area (Å²) < 4.78 is 0. The van der Waals surface area contributed by atoms with Crippen LogP contribution in [0, 0.1) is 0 Å². The molecule has 0 bridgehead atoms. The highest BCUT2D eigenvalue weighted by Crippen LogP contribution is 2.21. The van der Waals surface area contributed by atoms with Gasteiger partial charge in [-0.15, -0.1) is 0 Å². The van der Waals surface area contributed by atoms with Crippen LogP contribution >= 0.6 is 0 Å². The Balaban J connectivity index is 2.29. The molecule has 118 valence electrons. The second kappa shape index (κ2) is 7.89. The first-order valence-electron chi connectivity index (χ1n) is 7.29. The van der Waals surface area contributed by atoms with Gasteiger partial charge in [0.15, 0.2) is 6.29 Å². The lowest BCUT2D eigenvalue weighted by Gasteiger charge is -2.24. The fourth-order valence-electron chi connectivity index (χ4n) is 2.35. The van der Waals surface area contributed by atoms with Gasteiger partial charge in [-0.05, 0) is 42.7 Å². The first-order valence-corrected chi connectivity index (χ1v) is 7.29. The molecule has 1 heterocycles. The van der Waals surface area contributed by atoms with Crippen LogP contribution in [0.15, 0.2) is 65.2 Å². The number of aldehydes is 1. The van der Waals surface area contributed by atoms with Crippen molar-refractivity contribution < 1.29 is 4.79 Å². The van der Waals surface area contributed by atoms with Gasteiger partial charge in [0.2, 0.25) is 0 Å². The van der Waals surface area contributed by atoms with E-state index in [1.54, 1.807) is 17.3 Å². The predicted molar refractivity (Wildman–Crippen MR) is 93.6 cm³/mol. The molecule has 5 nitrogen and oxygen atoms in total. The van der Waals surface area contributed by atoms with Gasteiger partial charge in [-0.25, -0.2) is 5.01 Å². The second-order valence-electron chi connectivity index (χ2n) is 5.05. The van der Waals surface area contributed by atoms with Crippen molar-refractivity contribution in [2.45, 2.75) is 13.3 Å². The highest BCUT2D eigenvalue weighted by Gasteiger charge is 2.12. The average molecular weight is 308 g/mol. The molecule has 2 aromatic rings. The van der Waals surface area contributed by atoms with Crippen LogP contribution < -0.4 is 10.3 Å². The number of hydrogen-bond acceptors (Lipinski definition) is 5. The zero-order valence-electron chi connectivity index (χ0n) is 13.4. The molecule has 0 atom stereocenters. The molecular formula is C18H20N4O. The van der Waals surface area contributed by atoms with E-state index in [1.165, 1.54) is 0 Å². The molecule has 0 fully saturated rings. The van der Waals surface area contributed by atoms with Crippen LogP contribution in [-0.2, 0) is 6.42 Å². The number of nitrogens with one attached hydrogen (secondary N) is 1. The van der Waals surface area contributed by atoms with Crippen molar-refractivity contribution in [1.82, 2.24) is 10.3 Å². The third kappa shape index (κ3) is 4.03. The van der Waals surface area contributed by atoms with Crippen molar-refractivity contribution >= 4 is 18.7 Å². The average Bonchev–Trinajstić information content (AvgIpc) is 2.60. The summed E-state index contributed by atoms with van der Waals surface area (Å²) in [5, 5.41) is 9.08. The first-order chi connectivity index (χ1) is 11.2. The predicted octanol–water partition coefficient (Wildman–Crippen LogP) is 3.01. The van der Waals surface area contributed by atoms with Crippen molar-refractivity contribution in [2.24, 2.45) is 5.10 Å². The van der Waals surface area contributed by atoms with Gasteiger partial charge in [-0.3, -0.25) is 9.78 Å². The molecule has 2 rings (SSSR count). The summed E-state index contributed by atoms with van der Waals surface area (Å²) in [5.74, 6) is 0.866. The smallest absolute Gasteiger partial charge is 0.168 e. The minimum absolute atomic E-state index is 0.433. The Labute approximate surface area is 136 Å². The van der Waals surface area contributed by atoms with E-state index in [2.05, 4.69) is 22.1 Å². The molecular weight excluding hydrogens is 288 g/mol. The number of pyridine rings is 1. The lowest BCUT2D eigenvalue weighted by Crippen LogP contribution is -2.26. The summed E-state index contributed by atoms with van der Waals surface area (Å²) in [5.41, 5.74) is 3.48. The van der Waals surface area contributed by atoms with Crippen molar-refractivity contribution in [3.8, 4) is 0 Å². The van der Waals surface area contributed by atoms with Crippen LogP contribution in [0.1, 0.15) is 23.0 Å². The van der Waals surface area contributed by atoms with Gasteiger partial charge >= 0.3 is 0 Å². The maximum atomic E-state index is 10.7. The molecule has 1 aromatic carbocycles. The van der Waals surface area contributed by atoms with Crippen LogP contribution in [0.5, 0.6) is 0 Å². The molecule has 23 heavy (non-hydrogen) atoms. The summed E-state index contributed by atoms with van der Waals surface area (Å²) >= 11 is 0. The minimum Gasteiger partial charge on any atom is -0.373 e. The largest absolute Gasteiger partial charge is 0.373 e. The van der Waals surface area contributed by atoms with Crippen molar-refractivity contribution in [3.05, 3.63) is 71.3 Å². The van der Waals surface area contributed by atoms with E-state index >= 15 is 0 Å². The van der Waals surface area contributed by atoms with Gasteiger partial charge in [-0.2, -0.15) is 5.10 Å². The molecule has 0 spiro atoms. The normalized spacial score (nSPS) is 11.4. The minimum atomic E-state index is 0.433. The second-order valence-corrected chi connectivity index (χ2v) is 5.05.